The lowest BCUT2D eigenvalue weighted by Crippen LogP contribution is -2.32. The van der Waals surface area contributed by atoms with Crippen LogP contribution < -0.4 is 0 Å². The van der Waals surface area contributed by atoms with Gasteiger partial charge in [0.2, 0.25) is 17.6 Å². The minimum atomic E-state index is -1.20. The fraction of sp³-hybridized carbons (Fsp3) is 0.364. The van der Waals surface area contributed by atoms with Crippen molar-refractivity contribution in [3.8, 4) is 0 Å². The van der Waals surface area contributed by atoms with Crippen LogP contribution in [-0.4, -0.2) is 27.8 Å². The molecule has 17 heavy (non-hydrogen) atoms. The van der Waals surface area contributed by atoms with Crippen LogP contribution in [0.5, 0.6) is 0 Å². The van der Waals surface area contributed by atoms with E-state index >= 15 is 0 Å². The molecule has 88 valence electrons. The van der Waals surface area contributed by atoms with Crippen molar-refractivity contribution < 1.29 is 23.9 Å². The van der Waals surface area contributed by atoms with Crippen molar-refractivity contribution >= 4 is 17.8 Å². The Balaban J connectivity index is 1.83. The number of hydrogen-bond acceptors (Lipinski definition) is 4. The number of rotatable bonds is 3. The van der Waals surface area contributed by atoms with Crippen molar-refractivity contribution in [1.82, 2.24) is 4.90 Å². The van der Waals surface area contributed by atoms with Gasteiger partial charge in [0.1, 0.15) is 0 Å². The van der Waals surface area contributed by atoms with E-state index in [1.807, 2.05) is 0 Å². The minimum absolute atomic E-state index is 0.0111. The Kier molecular flexibility index (Phi) is 1.89. The van der Waals surface area contributed by atoms with Crippen molar-refractivity contribution in [2.45, 2.75) is 13.0 Å². The van der Waals surface area contributed by atoms with Gasteiger partial charge in [0.15, 0.2) is 0 Å². The number of piperidine rings is 1. The number of carbonyl (C=O) groups excluding carboxylic acids is 2. The topological polar surface area (TPSA) is 87.8 Å². The van der Waals surface area contributed by atoms with E-state index in [2.05, 4.69) is 0 Å². The summed E-state index contributed by atoms with van der Waals surface area (Å²) in [6.07, 6.45) is 1.88. The van der Waals surface area contributed by atoms with E-state index in [0.29, 0.717) is 12.0 Å². The zero-order valence-corrected chi connectivity index (χ0v) is 8.75. The highest BCUT2D eigenvalue weighted by molar-refractivity contribution is 6.08. The molecule has 0 radical (unpaired) electrons. The third-order valence-electron chi connectivity index (χ3n) is 3.23. The molecule has 1 saturated carbocycles. The first-order chi connectivity index (χ1) is 8.09. The van der Waals surface area contributed by atoms with Gasteiger partial charge in [0, 0.05) is 5.56 Å². The molecule has 2 fully saturated rings. The van der Waals surface area contributed by atoms with Gasteiger partial charge in [0.05, 0.1) is 24.6 Å². The number of carboxylic acids is 1. The Labute approximate surface area is 95.8 Å². The van der Waals surface area contributed by atoms with E-state index in [4.69, 9.17) is 9.52 Å². The van der Waals surface area contributed by atoms with Crippen LogP contribution in [0.2, 0.25) is 0 Å². The predicted octanol–water partition coefficient (Wildman–Crippen LogP) is 0.483. The van der Waals surface area contributed by atoms with Gasteiger partial charge in [-0.1, -0.05) is 0 Å². The van der Waals surface area contributed by atoms with E-state index in [1.54, 1.807) is 0 Å². The SMILES string of the molecule is O=C(O)c1occc1CN1C(=O)C2CC2C1=O. The lowest BCUT2D eigenvalue weighted by molar-refractivity contribution is -0.142. The molecule has 2 unspecified atom stereocenters. The molecule has 0 spiro atoms. The summed E-state index contributed by atoms with van der Waals surface area (Å²) in [5.41, 5.74) is 0.348. The van der Waals surface area contributed by atoms with Crippen molar-refractivity contribution in [1.29, 1.82) is 0 Å². The van der Waals surface area contributed by atoms with Crippen LogP contribution in [0.25, 0.3) is 0 Å². The summed E-state index contributed by atoms with van der Waals surface area (Å²) in [7, 11) is 0. The first-order valence-corrected chi connectivity index (χ1v) is 5.24. The van der Waals surface area contributed by atoms with Gasteiger partial charge in [-0.2, -0.15) is 0 Å². The monoisotopic (exact) mass is 235 g/mol. The lowest BCUT2D eigenvalue weighted by atomic mass is 10.2. The summed E-state index contributed by atoms with van der Waals surface area (Å²) >= 11 is 0. The average molecular weight is 235 g/mol. The Morgan fingerprint density at radius 2 is 2.06 bits per heavy atom. The van der Waals surface area contributed by atoms with Crippen molar-refractivity contribution in [3.05, 3.63) is 23.7 Å². The third kappa shape index (κ3) is 1.37. The molecule has 1 saturated heterocycles. The first kappa shape index (κ1) is 10.1. The number of imide groups is 1. The summed E-state index contributed by atoms with van der Waals surface area (Å²) in [5.74, 6) is -2.14. The maximum Gasteiger partial charge on any atom is 0.372 e. The largest absolute Gasteiger partial charge is 0.475 e. The van der Waals surface area contributed by atoms with Crippen LogP contribution in [0.1, 0.15) is 22.5 Å². The second kappa shape index (κ2) is 3.19. The molecular formula is C11H9NO5. The van der Waals surface area contributed by atoms with E-state index < -0.39 is 5.97 Å². The fourth-order valence-electron chi connectivity index (χ4n) is 2.22. The molecule has 0 bridgehead atoms. The fourth-order valence-corrected chi connectivity index (χ4v) is 2.22. The zero-order valence-electron chi connectivity index (χ0n) is 8.75. The van der Waals surface area contributed by atoms with Crippen molar-refractivity contribution in [2.75, 3.05) is 0 Å². The second-order valence-electron chi connectivity index (χ2n) is 4.29. The molecular weight excluding hydrogens is 226 g/mol. The molecule has 1 aromatic heterocycles. The van der Waals surface area contributed by atoms with Crippen LogP contribution in [0, 0.1) is 11.8 Å². The molecule has 2 atom stereocenters. The lowest BCUT2D eigenvalue weighted by Gasteiger charge is -2.15. The van der Waals surface area contributed by atoms with Gasteiger partial charge in [0.25, 0.3) is 0 Å². The molecule has 0 aromatic carbocycles. The Bertz CT molecular complexity index is 512. The summed E-state index contributed by atoms with van der Waals surface area (Å²) in [4.78, 5) is 35.3. The summed E-state index contributed by atoms with van der Waals surface area (Å²) < 4.78 is 4.80. The Morgan fingerprint density at radius 3 is 2.65 bits per heavy atom. The van der Waals surface area contributed by atoms with E-state index in [9.17, 15) is 14.4 Å². The number of fused-ring (bicyclic) bond motifs is 1. The molecule has 1 aliphatic carbocycles. The minimum Gasteiger partial charge on any atom is -0.475 e. The van der Waals surface area contributed by atoms with E-state index in [1.165, 1.54) is 12.3 Å². The molecule has 2 amide bonds. The third-order valence-corrected chi connectivity index (χ3v) is 3.23. The van der Waals surface area contributed by atoms with E-state index in [-0.39, 0.29) is 36.0 Å². The van der Waals surface area contributed by atoms with Crippen LogP contribution >= 0.6 is 0 Å². The molecule has 1 aromatic rings. The predicted molar refractivity (Wildman–Crippen MR) is 52.8 cm³/mol. The van der Waals surface area contributed by atoms with Crippen molar-refractivity contribution in [3.63, 3.8) is 0 Å². The maximum atomic E-state index is 11.7. The molecule has 1 N–H and O–H groups in total. The normalized spacial score (nSPS) is 26.2. The number of furan rings is 1. The maximum absolute atomic E-state index is 11.7. The van der Waals surface area contributed by atoms with Gasteiger partial charge in [-0.05, 0) is 12.5 Å². The number of nitrogens with zero attached hydrogens (tertiary/aromatic N) is 1. The average Bonchev–Trinajstić information content (AvgIpc) is 2.88. The van der Waals surface area contributed by atoms with Gasteiger partial charge in [-0.3, -0.25) is 14.5 Å². The highest BCUT2D eigenvalue weighted by atomic mass is 16.4. The molecule has 6 heteroatoms. The molecule has 2 aliphatic rings. The number of aromatic carboxylic acids is 1. The standard InChI is InChI=1S/C11H9NO5/c13-9-6-3-7(6)10(14)12(9)4-5-1-2-17-8(5)11(15)16/h1-2,6-7H,3-4H2,(H,15,16). The van der Waals surface area contributed by atoms with Crippen LogP contribution in [-0.2, 0) is 16.1 Å². The van der Waals surface area contributed by atoms with Crippen molar-refractivity contribution in [2.24, 2.45) is 11.8 Å². The number of carbonyl (C=O) groups is 3. The Hall–Kier alpha value is -2.11. The highest BCUT2D eigenvalue weighted by Crippen LogP contribution is 2.47. The Morgan fingerprint density at radius 1 is 1.41 bits per heavy atom. The van der Waals surface area contributed by atoms with Gasteiger partial charge >= 0.3 is 5.97 Å². The second-order valence-corrected chi connectivity index (χ2v) is 4.29. The smallest absolute Gasteiger partial charge is 0.372 e. The number of carboxylic acid groups (broad SMARTS) is 1. The van der Waals surface area contributed by atoms with Crippen LogP contribution in [0.4, 0.5) is 0 Å². The zero-order chi connectivity index (χ0) is 12.2. The number of amides is 2. The van der Waals surface area contributed by atoms with Crippen LogP contribution in [0.3, 0.4) is 0 Å². The van der Waals surface area contributed by atoms with Crippen LogP contribution in [0.15, 0.2) is 16.7 Å². The van der Waals surface area contributed by atoms with Gasteiger partial charge in [-0.15, -0.1) is 0 Å². The van der Waals surface area contributed by atoms with Gasteiger partial charge in [-0.25, -0.2) is 4.79 Å². The molecule has 6 nitrogen and oxygen atoms in total. The highest BCUT2D eigenvalue weighted by Gasteiger charge is 2.58. The quantitative estimate of drug-likeness (QED) is 0.770. The van der Waals surface area contributed by atoms with Gasteiger partial charge < -0.3 is 9.52 Å². The number of hydrogen-bond donors (Lipinski definition) is 1. The first-order valence-electron chi connectivity index (χ1n) is 5.24. The summed E-state index contributed by atoms with van der Waals surface area (Å²) in [5, 5.41) is 8.84. The van der Waals surface area contributed by atoms with E-state index in [0.717, 1.165) is 4.90 Å². The summed E-state index contributed by atoms with van der Waals surface area (Å²) in [6, 6.07) is 1.47. The molecule has 1 aliphatic heterocycles. The molecule has 2 heterocycles. The molecule has 3 rings (SSSR count). The number of likely N-dealkylation sites (tertiary alicyclic amines) is 1. The summed E-state index contributed by atoms with van der Waals surface area (Å²) in [6.45, 7) is -0.0111.